The fraction of sp³-hybridized carbons (Fsp3) is 0.538. The fourth-order valence-electron chi connectivity index (χ4n) is 1.71. The number of benzene rings is 1. The molecule has 0 aliphatic rings. The Morgan fingerprint density at radius 1 is 1.47 bits per heavy atom. The molecule has 1 rings (SSSR count). The van der Waals surface area contributed by atoms with E-state index in [2.05, 4.69) is 18.5 Å². The second kappa shape index (κ2) is 7.96. The van der Waals surface area contributed by atoms with Crippen molar-refractivity contribution in [1.29, 1.82) is 0 Å². The van der Waals surface area contributed by atoms with Crippen molar-refractivity contribution in [3.63, 3.8) is 0 Å². The van der Waals surface area contributed by atoms with Crippen molar-refractivity contribution in [2.75, 3.05) is 18.6 Å². The number of rotatable bonds is 7. The van der Waals surface area contributed by atoms with Gasteiger partial charge in [-0.3, -0.25) is 0 Å². The molecular weight excluding hydrogens is 257 g/mol. The number of nitrogens with one attached hydrogen (secondary N) is 1. The largest absolute Gasteiger partial charge is 0.313 e. The first-order valence-corrected chi connectivity index (χ1v) is 7.61. The Bertz CT molecular complexity index is 346. The Kier molecular flexibility index (Phi) is 6.93. The summed E-state index contributed by atoms with van der Waals surface area (Å²) in [7, 11) is 0. The van der Waals surface area contributed by atoms with Crippen LogP contribution < -0.4 is 5.32 Å². The summed E-state index contributed by atoms with van der Waals surface area (Å²) >= 11 is 7.55. The molecule has 96 valence electrons. The van der Waals surface area contributed by atoms with E-state index >= 15 is 0 Å². The van der Waals surface area contributed by atoms with Gasteiger partial charge in [0, 0.05) is 11.8 Å². The lowest BCUT2D eigenvalue weighted by Crippen LogP contribution is -2.34. The number of thioether (sulfide) groups is 1. The van der Waals surface area contributed by atoms with Gasteiger partial charge in [-0.25, -0.2) is 4.39 Å². The first kappa shape index (κ1) is 14.8. The number of halogens is 2. The lowest BCUT2D eigenvalue weighted by molar-refractivity contribution is 0.531. The van der Waals surface area contributed by atoms with Crippen LogP contribution >= 0.6 is 23.4 Å². The zero-order valence-electron chi connectivity index (χ0n) is 10.3. The lowest BCUT2D eigenvalue weighted by Gasteiger charge is -2.18. The van der Waals surface area contributed by atoms with E-state index in [4.69, 9.17) is 11.6 Å². The molecule has 0 heterocycles. The summed E-state index contributed by atoms with van der Waals surface area (Å²) in [6.07, 6.45) is 3.84. The third-order valence-corrected chi connectivity index (χ3v) is 3.58. The van der Waals surface area contributed by atoms with Crippen LogP contribution in [0.5, 0.6) is 0 Å². The molecule has 0 aliphatic heterocycles. The van der Waals surface area contributed by atoms with E-state index in [1.54, 1.807) is 23.9 Å². The molecule has 1 aromatic carbocycles. The van der Waals surface area contributed by atoms with Crippen LogP contribution in [0.1, 0.15) is 18.9 Å². The van der Waals surface area contributed by atoms with Gasteiger partial charge in [0.05, 0.1) is 5.02 Å². The summed E-state index contributed by atoms with van der Waals surface area (Å²) in [5, 5.41) is 3.64. The predicted molar refractivity (Wildman–Crippen MR) is 75.6 cm³/mol. The van der Waals surface area contributed by atoms with Gasteiger partial charge in [0.2, 0.25) is 0 Å². The van der Waals surface area contributed by atoms with Crippen molar-refractivity contribution in [2.45, 2.75) is 25.8 Å². The minimum Gasteiger partial charge on any atom is -0.313 e. The third-order valence-electron chi connectivity index (χ3n) is 2.55. The number of hydrogen-bond acceptors (Lipinski definition) is 2. The lowest BCUT2D eigenvalue weighted by atomic mass is 10.1. The second-order valence-corrected chi connectivity index (χ2v) is 5.34. The maximum Gasteiger partial charge on any atom is 0.145 e. The minimum atomic E-state index is -0.279. The van der Waals surface area contributed by atoms with Crippen molar-refractivity contribution in [2.24, 2.45) is 0 Å². The van der Waals surface area contributed by atoms with Crippen LogP contribution in [-0.2, 0) is 6.42 Å². The molecule has 17 heavy (non-hydrogen) atoms. The van der Waals surface area contributed by atoms with Gasteiger partial charge in [-0.1, -0.05) is 30.7 Å². The van der Waals surface area contributed by atoms with Crippen LogP contribution in [0.3, 0.4) is 0 Å². The quantitative estimate of drug-likeness (QED) is 0.813. The average molecular weight is 276 g/mol. The van der Waals surface area contributed by atoms with Crippen LogP contribution in [-0.4, -0.2) is 24.6 Å². The molecule has 0 aromatic heterocycles. The molecule has 0 spiro atoms. The van der Waals surface area contributed by atoms with Gasteiger partial charge in [-0.2, -0.15) is 11.8 Å². The molecule has 0 radical (unpaired) electrons. The van der Waals surface area contributed by atoms with E-state index in [0.717, 1.165) is 18.7 Å². The van der Waals surface area contributed by atoms with E-state index in [0.29, 0.717) is 18.0 Å². The summed E-state index contributed by atoms with van der Waals surface area (Å²) in [6.45, 7) is 3.09. The van der Waals surface area contributed by atoms with Gasteiger partial charge < -0.3 is 5.32 Å². The van der Waals surface area contributed by atoms with E-state index in [-0.39, 0.29) is 10.8 Å². The van der Waals surface area contributed by atoms with Crippen LogP contribution in [0.4, 0.5) is 4.39 Å². The van der Waals surface area contributed by atoms with E-state index < -0.39 is 0 Å². The van der Waals surface area contributed by atoms with Crippen LogP contribution in [0.2, 0.25) is 5.02 Å². The topological polar surface area (TPSA) is 12.0 Å². The summed E-state index contributed by atoms with van der Waals surface area (Å²) in [5.74, 6) is 0.699. The van der Waals surface area contributed by atoms with Crippen molar-refractivity contribution >= 4 is 23.4 Å². The highest BCUT2D eigenvalue weighted by Gasteiger charge is 2.12. The SMILES string of the molecule is CCCNC(CSC)Cc1cccc(Cl)c1F. The monoisotopic (exact) mass is 275 g/mol. The molecule has 4 heteroatoms. The molecule has 1 nitrogen and oxygen atoms in total. The molecule has 0 bridgehead atoms. The van der Waals surface area contributed by atoms with Gasteiger partial charge >= 0.3 is 0 Å². The van der Waals surface area contributed by atoms with Gasteiger partial charge in [0.15, 0.2) is 0 Å². The highest BCUT2D eigenvalue weighted by molar-refractivity contribution is 7.98. The minimum absolute atomic E-state index is 0.209. The zero-order chi connectivity index (χ0) is 12.7. The Morgan fingerprint density at radius 3 is 2.88 bits per heavy atom. The molecule has 0 saturated heterocycles. The fourth-order valence-corrected chi connectivity index (χ4v) is 2.54. The average Bonchev–Trinajstić information content (AvgIpc) is 2.32. The molecular formula is C13H19ClFNS. The van der Waals surface area contributed by atoms with Crippen LogP contribution in [0.15, 0.2) is 18.2 Å². The molecule has 0 saturated carbocycles. The standard InChI is InChI=1S/C13H19ClFNS/c1-3-7-16-11(9-17-2)8-10-5-4-6-12(14)13(10)15/h4-6,11,16H,3,7-9H2,1-2H3. The first-order chi connectivity index (χ1) is 8.19. The third kappa shape index (κ3) is 4.86. The summed E-state index contributed by atoms with van der Waals surface area (Å²) in [4.78, 5) is 0. The van der Waals surface area contributed by atoms with Crippen molar-refractivity contribution in [3.8, 4) is 0 Å². The zero-order valence-corrected chi connectivity index (χ0v) is 11.9. The Morgan fingerprint density at radius 2 is 2.24 bits per heavy atom. The van der Waals surface area contributed by atoms with Crippen molar-refractivity contribution in [1.82, 2.24) is 5.32 Å². The van der Waals surface area contributed by atoms with Gasteiger partial charge in [0.25, 0.3) is 0 Å². The Balaban J connectivity index is 2.67. The molecule has 1 N–H and O–H groups in total. The van der Waals surface area contributed by atoms with E-state index in [1.165, 1.54) is 0 Å². The number of hydrogen-bond donors (Lipinski definition) is 1. The maximum absolute atomic E-state index is 13.8. The molecule has 0 aliphatic carbocycles. The molecule has 0 fully saturated rings. The van der Waals surface area contributed by atoms with Crippen LogP contribution in [0, 0.1) is 5.82 Å². The highest BCUT2D eigenvalue weighted by Crippen LogP contribution is 2.19. The summed E-state index contributed by atoms with van der Waals surface area (Å²) in [6, 6.07) is 5.50. The van der Waals surface area contributed by atoms with E-state index in [9.17, 15) is 4.39 Å². The highest BCUT2D eigenvalue weighted by atomic mass is 35.5. The Hall–Kier alpha value is -0.250. The van der Waals surface area contributed by atoms with Crippen molar-refractivity contribution in [3.05, 3.63) is 34.6 Å². The van der Waals surface area contributed by atoms with Crippen LogP contribution in [0.25, 0.3) is 0 Å². The summed E-state index contributed by atoms with van der Waals surface area (Å²) in [5.41, 5.74) is 0.695. The van der Waals surface area contributed by atoms with E-state index in [1.807, 2.05) is 6.07 Å². The smallest absolute Gasteiger partial charge is 0.145 e. The van der Waals surface area contributed by atoms with Crippen molar-refractivity contribution < 1.29 is 4.39 Å². The molecule has 0 amide bonds. The second-order valence-electron chi connectivity index (χ2n) is 4.02. The molecule has 1 atom stereocenters. The van der Waals surface area contributed by atoms with Gasteiger partial charge in [0.1, 0.15) is 5.82 Å². The molecule has 1 unspecified atom stereocenters. The maximum atomic E-state index is 13.8. The first-order valence-electron chi connectivity index (χ1n) is 5.84. The van der Waals surface area contributed by atoms with Gasteiger partial charge in [-0.15, -0.1) is 0 Å². The van der Waals surface area contributed by atoms with Gasteiger partial charge in [-0.05, 0) is 37.3 Å². The molecule has 1 aromatic rings. The summed E-state index contributed by atoms with van der Waals surface area (Å²) < 4.78 is 13.8. The normalized spacial score (nSPS) is 12.7. The predicted octanol–water partition coefficient (Wildman–Crippen LogP) is 3.75. The Labute approximate surface area is 112 Å².